The summed E-state index contributed by atoms with van der Waals surface area (Å²) >= 11 is 0. The summed E-state index contributed by atoms with van der Waals surface area (Å²) in [5.74, 6) is 0.913. The van der Waals surface area contributed by atoms with Gasteiger partial charge in [0.1, 0.15) is 5.75 Å². The molecule has 1 N–H and O–H groups in total. The number of likely N-dealkylation sites (N-methyl/N-ethyl adjacent to an activating group) is 1. The van der Waals surface area contributed by atoms with Crippen molar-refractivity contribution < 1.29 is 9.47 Å². The average molecular weight is 278 g/mol. The summed E-state index contributed by atoms with van der Waals surface area (Å²) < 4.78 is 10.9. The van der Waals surface area contributed by atoms with E-state index in [-0.39, 0.29) is 0 Å². The van der Waals surface area contributed by atoms with Crippen molar-refractivity contribution in [3.63, 3.8) is 0 Å². The molecule has 0 aromatic heterocycles. The molecule has 1 aliphatic heterocycles. The van der Waals surface area contributed by atoms with Gasteiger partial charge in [0, 0.05) is 25.7 Å². The van der Waals surface area contributed by atoms with Crippen molar-refractivity contribution in [2.75, 3.05) is 40.4 Å². The van der Waals surface area contributed by atoms with Gasteiger partial charge in [0.05, 0.1) is 19.8 Å². The summed E-state index contributed by atoms with van der Waals surface area (Å²) in [5, 5.41) is 3.38. The second kappa shape index (κ2) is 7.62. The van der Waals surface area contributed by atoms with Crippen molar-refractivity contribution >= 4 is 0 Å². The molecule has 1 aromatic carbocycles. The van der Waals surface area contributed by atoms with Crippen LogP contribution >= 0.6 is 0 Å². The molecule has 0 amide bonds. The summed E-state index contributed by atoms with van der Waals surface area (Å²) in [5.41, 5.74) is 1.34. The summed E-state index contributed by atoms with van der Waals surface area (Å²) in [4.78, 5) is 2.38. The Hall–Kier alpha value is -1.10. The lowest BCUT2D eigenvalue weighted by Crippen LogP contribution is -2.46. The maximum absolute atomic E-state index is 5.76. The van der Waals surface area contributed by atoms with Gasteiger partial charge in [-0.1, -0.05) is 12.1 Å². The maximum atomic E-state index is 5.76. The third-order valence-corrected chi connectivity index (χ3v) is 3.94. The van der Waals surface area contributed by atoms with E-state index in [1.165, 1.54) is 5.56 Å². The van der Waals surface area contributed by atoms with Crippen LogP contribution in [-0.2, 0) is 11.2 Å². The van der Waals surface area contributed by atoms with Gasteiger partial charge in [0.15, 0.2) is 0 Å². The first kappa shape index (κ1) is 15.3. The fraction of sp³-hybridized carbons (Fsp3) is 0.625. The third kappa shape index (κ3) is 4.47. The predicted octanol–water partition coefficient (Wildman–Crippen LogP) is 1.55. The minimum absolute atomic E-state index is 0.312. The van der Waals surface area contributed by atoms with Crippen molar-refractivity contribution in [2.45, 2.75) is 25.5 Å². The van der Waals surface area contributed by atoms with Gasteiger partial charge in [0.25, 0.3) is 0 Å². The Labute approximate surface area is 122 Å². The van der Waals surface area contributed by atoms with E-state index < -0.39 is 0 Å². The number of hydrogen-bond acceptors (Lipinski definition) is 4. The number of ether oxygens (including phenoxy) is 2. The van der Waals surface area contributed by atoms with Crippen LogP contribution in [0, 0.1) is 0 Å². The lowest BCUT2D eigenvalue weighted by Gasteiger charge is -2.31. The first-order valence-corrected chi connectivity index (χ1v) is 7.34. The largest absolute Gasteiger partial charge is 0.497 e. The van der Waals surface area contributed by atoms with Crippen LogP contribution in [0.2, 0.25) is 0 Å². The maximum Gasteiger partial charge on any atom is 0.118 e. The monoisotopic (exact) mass is 278 g/mol. The van der Waals surface area contributed by atoms with E-state index in [1.54, 1.807) is 7.11 Å². The zero-order valence-electron chi connectivity index (χ0n) is 12.8. The Bertz CT molecular complexity index is 388. The summed E-state index contributed by atoms with van der Waals surface area (Å²) in [6.07, 6.45) is 1.35. The van der Waals surface area contributed by atoms with Crippen LogP contribution in [-0.4, -0.2) is 57.4 Å². The number of hydrogen-bond donors (Lipinski definition) is 1. The van der Waals surface area contributed by atoms with Crippen LogP contribution in [0.3, 0.4) is 0 Å². The number of benzene rings is 1. The van der Waals surface area contributed by atoms with E-state index >= 15 is 0 Å². The molecule has 112 valence electrons. The highest BCUT2D eigenvalue weighted by Crippen LogP contribution is 2.14. The minimum atomic E-state index is 0.312. The molecule has 1 heterocycles. The molecule has 1 fully saturated rings. The molecule has 20 heavy (non-hydrogen) atoms. The van der Waals surface area contributed by atoms with E-state index in [9.17, 15) is 0 Å². The van der Waals surface area contributed by atoms with Crippen LogP contribution in [0.25, 0.3) is 0 Å². The van der Waals surface area contributed by atoms with Crippen LogP contribution in [0.5, 0.6) is 5.75 Å². The Morgan fingerprint density at radius 2 is 2.15 bits per heavy atom. The number of methoxy groups -OCH3 is 1. The van der Waals surface area contributed by atoms with Crippen molar-refractivity contribution in [2.24, 2.45) is 0 Å². The van der Waals surface area contributed by atoms with Crippen molar-refractivity contribution in [3.8, 4) is 5.75 Å². The highest BCUT2D eigenvalue weighted by molar-refractivity contribution is 5.27. The molecule has 1 aromatic rings. The van der Waals surface area contributed by atoms with Crippen molar-refractivity contribution in [3.05, 3.63) is 29.8 Å². The molecule has 2 atom stereocenters. The molecule has 0 bridgehead atoms. The Morgan fingerprint density at radius 3 is 2.75 bits per heavy atom. The fourth-order valence-corrected chi connectivity index (χ4v) is 2.50. The normalized spacial score (nSPS) is 20.9. The predicted molar refractivity (Wildman–Crippen MR) is 81.4 cm³/mol. The van der Waals surface area contributed by atoms with E-state index in [2.05, 4.69) is 36.3 Å². The molecule has 0 aliphatic carbocycles. The lowest BCUT2D eigenvalue weighted by atomic mass is 10.1. The zero-order valence-corrected chi connectivity index (χ0v) is 12.8. The second-order valence-corrected chi connectivity index (χ2v) is 5.54. The van der Waals surface area contributed by atoms with E-state index in [1.807, 2.05) is 12.1 Å². The van der Waals surface area contributed by atoms with Crippen LogP contribution < -0.4 is 10.1 Å². The summed E-state index contributed by atoms with van der Waals surface area (Å²) in [7, 11) is 3.87. The quantitative estimate of drug-likeness (QED) is 0.856. The standard InChI is InChI=1S/C16H26N2O2/c1-13(10-14-4-6-15(19-3)7-5-14)18(2)12-16-11-17-8-9-20-16/h4-7,13,16-17H,8-12H2,1-3H3. The van der Waals surface area contributed by atoms with E-state index in [0.717, 1.165) is 38.4 Å². The molecule has 0 saturated carbocycles. The second-order valence-electron chi connectivity index (χ2n) is 5.54. The topological polar surface area (TPSA) is 33.7 Å². The van der Waals surface area contributed by atoms with Gasteiger partial charge in [0.2, 0.25) is 0 Å². The highest BCUT2D eigenvalue weighted by Gasteiger charge is 2.18. The first-order chi connectivity index (χ1) is 9.69. The van der Waals surface area contributed by atoms with Crippen LogP contribution in [0.1, 0.15) is 12.5 Å². The average Bonchev–Trinajstić information content (AvgIpc) is 2.49. The van der Waals surface area contributed by atoms with Crippen LogP contribution in [0.15, 0.2) is 24.3 Å². The molecule has 2 rings (SSSR count). The van der Waals surface area contributed by atoms with Gasteiger partial charge in [-0.15, -0.1) is 0 Å². The van der Waals surface area contributed by atoms with Gasteiger partial charge >= 0.3 is 0 Å². The van der Waals surface area contributed by atoms with Crippen molar-refractivity contribution in [1.82, 2.24) is 10.2 Å². The van der Waals surface area contributed by atoms with Gasteiger partial charge < -0.3 is 19.7 Å². The van der Waals surface area contributed by atoms with Crippen molar-refractivity contribution in [1.29, 1.82) is 0 Å². The van der Waals surface area contributed by atoms with Crippen LogP contribution in [0.4, 0.5) is 0 Å². The molecule has 4 nitrogen and oxygen atoms in total. The number of morpholine rings is 1. The van der Waals surface area contributed by atoms with E-state index in [0.29, 0.717) is 12.1 Å². The van der Waals surface area contributed by atoms with E-state index in [4.69, 9.17) is 9.47 Å². The molecule has 1 aliphatic rings. The molecule has 4 heteroatoms. The Kier molecular flexibility index (Phi) is 5.83. The Balaban J connectivity index is 1.81. The molecular weight excluding hydrogens is 252 g/mol. The van der Waals surface area contributed by atoms with Gasteiger partial charge in [-0.25, -0.2) is 0 Å². The molecule has 0 spiro atoms. The molecule has 0 radical (unpaired) electrons. The van der Waals surface area contributed by atoms with Gasteiger partial charge in [-0.2, -0.15) is 0 Å². The third-order valence-electron chi connectivity index (χ3n) is 3.94. The van der Waals surface area contributed by atoms with Gasteiger partial charge in [-0.3, -0.25) is 0 Å². The molecule has 2 unspecified atom stereocenters. The number of nitrogens with one attached hydrogen (secondary N) is 1. The molecule has 1 saturated heterocycles. The number of nitrogens with zero attached hydrogens (tertiary/aromatic N) is 1. The zero-order chi connectivity index (χ0) is 14.4. The molecular formula is C16H26N2O2. The smallest absolute Gasteiger partial charge is 0.118 e. The highest BCUT2D eigenvalue weighted by atomic mass is 16.5. The fourth-order valence-electron chi connectivity index (χ4n) is 2.50. The summed E-state index contributed by atoms with van der Waals surface area (Å²) in [6.45, 7) is 6.00. The first-order valence-electron chi connectivity index (χ1n) is 7.34. The SMILES string of the molecule is COc1ccc(CC(C)N(C)CC2CNCCO2)cc1. The minimum Gasteiger partial charge on any atom is -0.497 e. The Morgan fingerprint density at radius 1 is 1.40 bits per heavy atom. The number of rotatable bonds is 6. The lowest BCUT2D eigenvalue weighted by molar-refractivity contribution is 0.00414. The summed E-state index contributed by atoms with van der Waals surface area (Å²) in [6, 6.07) is 8.82. The van der Waals surface area contributed by atoms with Gasteiger partial charge in [-0.05, 0) is 38.1 Å².